The first-order valence-electron chi connectivity index (χ1n) is 6.80. The van der Waals surface area contributed by atoms with Gasteiger partial charge in [-0.15, -0.1) is 0 Å². The topological polar surface area (TPSA) is 46.5 Å². The maximum atomic E-state index is 13.7. The highest BCUT2D eigenvalue weighted by molar-refractivity contribution is 5.87. The Labute approximate surface area is 112 Å². The van der Waals surface area contributed by atoms with E-state index in [1.165, 1.54) is 37.8 Å². The second-order valence-corrected chi connectivity index (χ2v) is 5.04. The predicted octanol–water partition coefficient (Wildman–Crippen LogP) is 3.76. The Hall–Kier alpha value is -1.42. The van der Waals surface area contributed by atoms with E-state index in [9.17, 15) is 9.18 Å². The lowest BCUT2D eigenvalue weighted by Crippen LogP contribution is -2.12. The zero-order valence-electron chi connectivity index (χ0n) is 10.9. The minimum Gasteiger partial charge on any atom is -0.478 e. The molecule has 1 aliphatic carbocycles. The number of carboxylic acids is 1. The maximum absolute atomic E-state index is 13.7. The molecule has 0 aromatic heterocycles. The summed E-state index contributed by atoms with van der Waals surface area (Å²) in [6.45, 7) is 0.219. The Balaban J connectivity index is 1.93. The van der Waals surface area contributed by atoms with Crippen molar-refractivity contribution in [2.45, 2.75) is 51.2 Å². The lowest BCUT2D eigenvalue weighted by molar-refractivity contribution is 0.0295. The van der Waals surface area contributed by atoms with Gasteiger partial charge in [0.2, 0.25) is 0 Å². The molecular weight excluding hydrogens is 247 g/mol. The van der Waals surface area contributed by atoms with Crippen LogP contribution in [0.15, 0.2) is 18.2 Å². The number of carboxylic acid groups (broad SMARTS) is 1. The summed E-state index contributed by atoms with van der Waals surface area (Å²) in [7, 11) is 0. The third-order valence-corrected chi connectivity index (χ3v) is 3.58. The summed E-state index contributed by atoms with van der Waals surface area (Å²) in [5, 5.41) is 8.77. The van der Waals surface area contributed by atoms with Gasteiger partial charge in [0.1, 0.15) is 5.82 Å². The standard InChI is InChI=1S/C15H19FO3/c16-14-9-11(15(17)18)7-8-12(14)10-19-13-5-3-1-2-4-6-13/h7-9,13H,1-6,10H2,(H,17,18). The third kappa shape index (κ3) is 4.03. The highest BCUT2D eigenvalue weighted by atomic mass is 19.1. The van der Waals surface area contributed by atoms with Crippen molar-refractivity contribution in [2.24, 2.45) is 0 Å². The van der Waals surface area contributed by atoms with Gasteiger partial charge < -0.3 is 9.84 Å². The van der Waals surface area contributed by atoms with Crippen molar-refractivity contribution >= 4 is 5.97 Å². The molecule has 0 amide bonds. The van der Waals surface area contributed by atoms with Crippen LogP contribution >= 0.6 is 0 Å². The molecule has 2 rings (SSSR count). The van der Waals surface area contributed by atoms with Gasteiger partial charge in [0.25, 0.3) is 0 Å². The lowest BCUT2D eigenvalue weighted by atomic mass is 10.1. The predicted molar refractivity (Wildman–Crippen MR) is 69.6 cm³/mol. The molecule has 0 unspecified atom stereocenters. The number of aromatic carboxylic acids is 1. The van der Waals surface area contributed by atoms with E-state index in [1.54, 1.807) is 0 Å². The van der Waals surface area contributed by atoms with Crippen LogP contribution in [0, 0.1) is 5.82 Å². The van der Waals surface area contributed by atoms with Crippen molar-refractivity contribution in [1.29, 1.82) is 0 Å². The molecule has 1 aliphatic rings. The fourth-order valence-corrected chi connectivity index (χ4v) is 2.41. The van der Waals surface area contributed by atoms with Gasteiger partial charge in [-0.2, -0.15) is 0 Å². The SMILES string of the molecule is O=C(O)c1ccc(COC2CCCCCC2)c(F)c1. The summed E-state index contributed by atoms with van der Waals surface area (Å²) >= 11 is 0. The smallest absolute Gasteiger partial charge is 0.335 e. The van der Waals surface area contributed by atoms with E-state index in [2.05, 4.69) is 0 Å². The molecule has 104 valence electrons. The summed E-state index contributed by atoms with van der Waals surface area (Å²) in [6, 6.07) is 3.96. The molecule has 19 heavy (non-hydrogen) atoms. The van der Waals surface area contributed by atoms with E-state index in [1.807, 2.05) is 0 Å². The Kier molecular flexibility index (Phi) is 4.91. The second-order valence-electron chi connectivity index (χ2n) is 5.04. The number of rotatable bonds is 4. The highest BCUT2D eigenvalue weighted by Gasteiger charge is 2.14. The maximum Gasteiger partial charge on any atom is 0.335 e. The molecule has 1 saturated carbocycles. The average molecular weight is 266 g/mol. The monoisotopic (exact) mass is 266 g/mol. The molecule has 1 fully saturated rings. The highest BCUT2D eigenvalue weighted by Crippen LogP contribution is 2.21. The molecule has 0 aliphatic heterocycles. The van der Waals surface area contributed by atoms with Crippen molar-refractivity contribution in [3.8, 4) is 0 Å². The molecule has 0 spiro atoms. The Morgan fingerprint density at radius 2 is 1.95 bits per heavy atom. The van der Waals surface area contributed by atoms with Gasteiger partial charge >= 0.3 is 5.97 Å². The van der Waals surface area contributed by atoms with Crippen LogP contribution in [-0.4, -0.2) is 17.2 Å². The van der Waals surface area contributed by atoms with Crippen molar-refractivity contribution < 1.29 is 19.0 Å². The normalized spacial score (nSPS) is 17.1. The van der Waals surface area contributed by atoms with Crippen LogP contribution in [0.4, 0.5) is 4.39 Å². The molecule has 0 heterocycles. The largest absolute Gasteiger partial charge is 0.478 e. The fourth-order valence-electron chi connectivity index (χ4n) is 2.41. The fraction of sp³-hybridized carbons (Fsp3) is 0.533. The summed E-state index contributed by atoms with van der Waals surface area (Å²) in [5.74, 6) is -1.62. The van der Waals surface area contributed by atoms with Gasteiger partial charge in [-0.1, -0.05) is 31.7 Å². The Bertz CT molecular complexity index is 437. The lowest BCUT2D eigenvalue weighted by Gasteiger charge is -2.15. The Morgan fingerprint density at radius 3 is 2.53 bits per heavy atom. The van der Waals surface area contributed by atoms with Gasteiger partial charge in [-0.25, -0.2) is 9.18 Å². The Morgan fingerprint density at radius 1 is 1.26 bits per heavy atom. The van der Waals surface area contributed by atoms with Crippen molar-refractivity contribution in [3.05, 3.63) is 35.1 Å². The molecule has 1 aromatic carbocycles. The van der Waals surface area contributed by atoms with E-state index in [4.69, 9.17) is 9.84 Å². The molecule has 1 aromatic rings. The number of halogens is 1. The first kappa shape index (κ1) is 14.0. The van der Waals surface area contributed by atoms with E-state index < -0.39 is 11.8 Å². The summed E-state index contributed by atoms with van der Waals surface area (Å²) < 4.78 is 19.4. The summed E-state index contributed by atoms with van der Waals surface area (Å²) in [6.07, 6.45) is 7.13. The molecule has 0 radical (unpaired) electrons. The molecule has 0 atom stereocenters. The number of hydrogen-bond acceptors (Lipinski definition) is 2. The molecule has 0 bridgehead atoms. The van der Waals surface area contributed by atoms with E-state index in [-0.39, 0.29) is 18.3 Å². The number of carbonyl (C=O) groups is 1. The number of hydrogen-bond donors (Lipinski definition) is 1. The van der Waals surface area contributed by atoms with Crippen molar-refractivity contribution in [2.75, 3.05) is 0 Å². The molecule has 4 heteroatoms. The van der Waals surface area contributed by atoms with Crippen LogP contribution in [0.1, 0.15) is 54.4 Å². The van der Waals surface area contributed by atoms with Gasteiger partial charge in [0.15, 0.2) is 0 Å². The van der Waals surface area contributed by atoms with Crippen LogP contribution < -0.4 is 0 Å². The number of ether oxygens (including phenoxy) is 1. The van der Waals surface area contributed by atoms with Crippen LogP contribution in [0.2, 0.25) is 0 Å². The van der Waals surface area contributed by atoms with Gasteiger partial charge in [-0.3, -0.25) is 0 Å². The average Bonchev–Trinajstić information content (AvgIpc) is 2.65. The van der Waals surface area contributed by atoms with E-state index in [0.29, 0.717) is 5.56 Å². The quantitative estimate of drug-likeness (QED) is 0.844. The number of benzene rings is 1. The van der Waals surface area contributed by atoms with Crippen LogP contribution in [0.3, 0.4) is 0 Å². The third-order valence-electron chi connectivity index (χ3n) is 3.58. The summed E-state index contributed by atoms with van der Waals surface area (Å²) in [4.78, 5) is 10.7. The first-order valence-corrected chi connectivity index (χ1v) is 6.80. The second kappa shape index (κ2) is 6.66. The van der Waals surface area contributed by atoms with Crippen molar-refractivity contribution in [3.63, 3.8) is 0 Å². The van der Waals surface area contributed by atoms with Gasteiger partial charge in [0.05, 0.1) is 18.3 Å². The molecule has 0 saturated heterocycles. The molecule has 1 N–H and O–H groups in total. The van der Waals surface area contributed by atoms with Gasteiger partial charge in [-0.05, 0) is 25.0 Å². The summed E-state index contributed by atoms with van der Waals surface area (Å²) in [5.41, 5.74) is 0.393. The van der Waals surface area contributed by atoms with Crippen molar-refractivity contribution in [1.82, 2.24) is 0 Å². The van der Waals surface area contributed by atoms with Crippen LogP contribution in [0.5, 0.6) is 0 Å². The van der Waals surface area contributed by atoms with E-state index in [0.717, 1.165) is 18.9 Å². The van der Waals surface area contributed by atoms with Crippen LogP contribution in [-0.2, 0) is 11.3 Å². The minimum absolute atomic E-state index is 0.0317. The zero-order valence-corrected chi connectivity index (χ0v) is 10.9. The van der Waals surface area contributed by atoms with E-state index >= 15 is 0 Å². The first-order chi connectivity index (χ1) is 9.16. The van der Waals surface area contributed by atoms with Crippen LogP contribution in [0.25, 0.3) is 0 Å². The minimum atomic E-state index is -1.12. The zero-order chi connectivity index (χ0) is 13.7. The van der Waals surface area contributed by atoms with Gasteiger partial charge in [0, 0.05) is 5.56 Å². The molecular formula is C15H19FO3. The molecule has 3 nitrogen and oxygen atoms in total.